The summed E-state index contributed by atoms with van der Waals surface area (Å²) in [5, 5.41) is 0. The first-order valence-corrected chi connectivity index (χ1v) is 6.01. The molecular formula is C16H17NO. The fourth-order valence-electron chi connectivity index (χ4n) is 1.86. The van der Waals surface area contributed by atoms with Crippen molar-refractivity contribution in [2.45, 2.75) is 6.42 Å². The molecule has 0 aromatic heterocycles. The van der Waals surface area contributed by atoms with Crippen LogP contribution in [0.1, 0.15) is 15.9 Å². The molecule has 0 aliphatic heterocycles. The molecule has 0 aliphatic carbocycles. The summed E-state index contributed by atoms with van der Waals surface area (Å²) in [6.07, 6.45) is 0.450. The van der Waals surface area contributed by atoms with Gasteiger partial charge in [0.1, 0.15) is 0 Å². The number of carbonyl (C=O) groups is 1. The molecular weight excluding hydrogens is 222 g/mol. The van der Waals surface area contributed by atoms with Gasteiger partial charge in [-0.15, -0.1) is 0 Å². The summed E-state index contributed by atoms with van der Waals surface area (Å²) in [4.78, 5) is 14.1. The Kier molecular flexibility index (Phi) is 3.78. The number of ketones is 1. The molecule has 92 valence electrons. The molecule has 2 heteroatoms. The van der Waals surface area contributed by atoms with Gasteiger partial charge in [0, 0.05) is 31.8 Å². The number of carbonyl (C=O) groups excluding carboxylic acids is 1. The lowest BCUT2D eigenvalue weighted by Crippen LogP contribution is -2.09. The topological polar surface area (TPSA) is 20.3 Å². The Balaban J connectivity index is 2.15. The summed E-state index contributed by atoms with van der Waals surface area (Å²) in [7, 11) is 4.00. The van der Waals surface area contributed by atoms with Crippen LogP contribution in [-0.2, 0) is 6.42 Å². The molecule has 0 radical (unpaired) electrons. The van der Waals surface area contributed by atoms with Crippen LogP contribution in [0.2, 0.25) is 0 Å². The van der Waals surface area contributed by atoms with Crippen LogP contribution in [0.25, 0.3) is 0 Å². The highest BCUT2D eigenvalue weighted by Gasteiger charge is 2.07. The molecule has 0 atom stereocenters. The van der Waals surface area contributed by atoms with E-state index in [-0.39, 0.29) is 5.78 Å². The molecule has 2 rings (SSSR count). The van der Waals surface area contributed by atoms with E-state index in [2.05, 4.69) is 6.07 Å². The highest BCUT2D eigenvalue weighted by molar-refractivity contribution is 5.97. The van der Waals surface area contributed by atoms with Gasteiger partial charge in [0.25, 0.3) is 0 Å². The van der Waals surface area contributed by atoms with E-state index in [9.17, 15) is 4.79 Å². The van der Waals surface area contributed by atoms with E-state index in [0.29, 0.717) is 6.42 Å². The normalized spacial score (nSPS) is 10.1. The Labute approximate surface area is 108 Å². The molecule has 0 aliphatic rings. The van der Waals surface area contributed by atoms with Gasteiger partial charge in [-0.1, -0.05) is 42.5 Å². The highest BCUT2D eigenvalue weighted by Crippen LogP contribution is 2.15. The van der Waals surface area contributed by atoms with E-state index in [0.717, 1.165) is 16.8 Å². The first-order chi connectivity index (χ1) is 8.66. The van der Waals surface area contributed by atoms with Crippen LogP contribution >= 0.6 is 0 Å². The van der Waals surface area contributed by atoms with Crippen molar-refractivity contribution in [1.29, 1.82) is 0 Å². The Morgan fingerprint density at radius 3 is 2.39 bits per heavy atom. The fourth-order valence-corrected chi connectivity index (χ4v) is 1.86. The zero-order valence-electron chi connectivity index (χ0n) is 10.8. The molecule has 0 fully saturated rings. The quantitative estimate of drug-likeness (QED) is 0.764. The average molecular weight is 239 g/mol. The SMILES string of the molecule is CN(C)c1cccc(CC(=O)c2ccccc2)c1. The van der Waals surface area contributed by atoms with Gasteiger partial charge in [-0.25, -0.2) is 0 Å². The van der Waals surface area contributed by atoms with Crippen molar-refractivity contribution in [3.63, 3.8) is 0 Å². The van der Waals surface area contributed by atoms with Gasteiger partial charge in [-0.2, -0.15) is 0 Å². The van der Waals surface area contributed by atoms with Crippen molar-refractivity contribution in [2.75, 3.05) is 19.0 Å². The van der Waals surface area contributed by atoms with Crippen molar-refractivity contribution < 1.29 is 4.79 Å². The van der Waals surface area contributed by atoms with Crippen molar-refractivity contribution in [3.05, 3.63) is 65.7 Å². The summed E-state index contributed by atoms with van der Waals surface area (Å²) >= 11 is 0. The average Bonchev–Trinajstić information content (AvgIpc) is 2.40. The van der Waals surface area contributed by atoms with Crippen LogP contribution in [0.3, 0.4) is 0 Å². The number of benzene rings is 2. The first kappa shape index (κ1) is 12.4. The van der Waals surface area contributed by atoms with Gasteiger partial charge in [0.15, 0.2) is 5.78 Å². The van der Waals surface area contributed by atoms with E-state index in [4.69, 9.17) is 0 Å². The minimum atomic E-state index is 0.159. The van der Waals surface area contributed by atoms with Crippen LogP contribution in [0, 0.1) is 0 Å². The molecule has 2 aromatic rings. The molecule has 2 nitrogen and oxygen atoms in total. The third-order valence-electron chi connectivity index (χ3n) is 2.89. The monoisotopic (exact) mass is 239 g/mol. The number of anilines is 1. The minimum Gasteiger partial charge on any atom is -0.378 e. The van der Waals surface area contributed by atoms with Crippen LogP contribution < -0.4 is 4.90 Å². The Morgan fingerprint density at radius 2 is 1.72 bits per heavy atom. The fraction of sp³-hybridized carbons (Fsp3) is 0.188. The molecule has 0 bridgehead atoms. The van der Waals surface area contributed by atoms with Crippen LogP contribution in [0.15, 0.2) is 54.6 Å². The summed E-state index contributed by atoms with van der Waals surface area (Å²) in [6, 6.07) is 17.5. The molecule has 18 heavy (non-hydrogen) atoms. The van der Waals surface area contributed by atoms with Crippen molar-refractivity contribution >= 4 is 11.5 Å². The molecule has 2 aromatic carbocycles. The van der Waals surface area contributed by atoms with Crippen molar-refractivity contribution in [2.24, 2.45) is 0 Å². The summed E-state index contributed by atoms with van der Waals surface area (Å²) < 4.78 is 0. The van der Waals surface area contributed by atoms with E-state index in [1.807, 2.05) is 67.5 Å². The molecule has 0 saturated carbocycles. The largest absolute Gasteiger partial charge is 0.378 e. The highest BCUT2D eigenvalue weighted by atomic mass is 16.1. The summed E-state index contributed by atoms with van der Waals surface area (Å²) in [5.74, 6) is 0.159. The van der Waals surface area contributed by atoms with Crippen molar-refractivity contribution in [3.8, 4) is 0 Å². The third kappa shape index (κ3) is 2.98. The van der Waals surface area contributed by atoms with Gasteiger partial charge >= 0.3 is 0 Å². The predicted octanol–water partition coefficient (Wildman–Crippen LogP) is 3.18. The molecule has 0 spiro atoms. The number of Topliss-reactive ketones (excluding diaryl/α,β-unsaturated/α-hetero) is 1. The number of rotatable bonds is 4. The zero-order chi connectivity index (χ0) is 13.0. The first-order valence-electron chi connectivity index (χ1n) is 6.01. The number of hydrogen-bond donors (Lipinski definition) is 0. The summed E-state index contributed by atoms with van der Waals surface area (Å²) in [5.41, 5.74) is 2.94. The minimum absolute atomic E-state index is 0.159. The van der Waals surface area contributed by atoms with E-state index < -0.39 is 0 Å². The molecule has 0 amide bonds. The van der Waals surface area contributed by atoms with Crippen LogP contribution in [0.5, 0.6) is 0 Å². The lowest BCUT2D eigenvalue weighted by atomic mass is 10.0. The van der Waals surface area contributed by atoms with Gasteiger partial charge in [-0.05, 0) is 17.7 Å². The standard InChI is InChI=1S/C16H17NO/c1-17(2)15-10-6-7-13(11-15)12-16(18)14-8-4-3-5-9-14/h3-11H,12H2,1-2H3. The van der Waals surface area contributed by atoms with E-state index in [1.54, 1.807) is 0 Å². The van der Waals surface area contributed by atoms with E-state index in [1.165, 1.54) is 0 Å². The van der Waals surface area contributed by atoms with E-state index >= 15 is 0 Å². The van der Waals surface area contributed by atoms with Crippen LogP contribution in [-0.4, -0.2) is 19.9 Å². The van der Waals surface area contributed by atoms with Gasteiger partial charge in [-0.3, -0.25) is 4.79 Å². The zero-order valence-corrected chi connectivity index (χ0v) is 10.8. The maximum Gasteiger partial charge on any atom is 0.167 e. The molecule has 0 N–H and O–H groups in total. The number of hydrogen-bond acceptors (Lipinski definition) is 2. The van der Waals surface area contributed by atoms with Gasteiger partial charge in [0.05, 0.1) is 0 Å². The Bertz CT molecular complexity index is 532. The smallest absolute Gasteiger partial charge is 0.167 e. The predicted molar refractivity (Wildman–Crippen MR) is 75.2 cm³/mol. The van der Waals surface area contributed by atoms with Crippen LogP contribution in [0.4, 0.5) is 5.69 Å². The lowest BCUT2D eigenvalue weighted by Gasteiger charge is -2.13. The lowest BCUT2D eigenvalue weighted by molar-refractivity contribution is 0.0993. The third-order valence-corrected chi connectivity index (χ3v) is 2.89. The van der Waals surface area contributed by atoms with Gasteiger partial charge < -0.3 is 4.90 Å². The maximum atomic E-state index is 12.1. The van der Waals surface area contributed by atoms with Crippen molar-refractivity contribution in [1.82, 2.24) is 0 Å². The maximum absolute atomic E-state index is 12.1. The second kappa shape index (κ2) is 5.50. The van der Waals surface area contributed by atoms with Gasteiger partial charge in [0.2, 0.25) is 0 Å². The second-order valence-electron chi connectivity index (χ2n) is 4.53. The Morgan fingerprint density at radius 1 is 1.00 bits per heavy atom. The molecule has 0 unspecified atom stereocenters. The molecule has 0 saturated heterocycles. The molecule has 0 heterocycles. The second-order valence-corrected chi connectivity index (χ2v) is 4.53. The number of nitrogens with zero attached hydrogens (tertiary/aromatic N) is 1. The summed E-state index contributed by atoms with van der Waals surface area (Å²) in [6.45, 7) is 0. The Hall–Kier alpha value is -2.09.